The SMILES string of the molecule is CCCN(CC)c1cccc(F)c1CNC(C)(C)C. The first kappa shape index (κ1) is 16.0. The summed E-state index contributed by atoms with van der Waals surface area (Å²) in [7, 11) is 0. The van der Waals surface area contributed by atoms with Gasteiger partial charge in [-0.15, -0.1) is 0 Å². The zero-order valence-electron chi connectivity index (χ0n) is 12.9. The summed E-state index contributed by atoms with van der Waals surface area (Å²) in [6, 6.07) is 5.36. The van der Waals surface area contributed by atoms with E-state index in [1.807, 2.05) is 6.07 Å². The highest BCUT2D eigenvalue weighted by Gasteiger charge is 2.16. The summed E-state index contributed by atoms with van der Waals surface area (Å²) in [6.45, 7) is 13.0. The second-order valence-corrected chi connectivity index (χ2v) is 5.92. The zero-order valence-corrected chi connectivity index (χ0v) is 12.9. The van der Waals surface area contributed by atoms with Crippen molar-refractivity contribution in [1.82, 2.24) is 5.32 Å². The molecule has 0 unspecified atom stereocenters. The summed E-state index contributed by atoms with van der Waals surface area (Å²) in [6.07, 6.45) is 1.07. The molecule has 19 heavy (non-hydrogen) atoms. The van der Waals surface area contributed by atoms with Crippen LogP contribution in [0.1, 0.15) is 46.6 Å². The topological polar surface area (TPSA) is 15.3 Å². The van der Waals surface area contributed by atoms with Crippen LogP contribution in [0.2, 0.25) is 0 Å². The Bertz CT molecular complexity index is 396. The Balaban J connectivity index is 3.00. The summed E-state index contributed by atoms with van der Waals surface area (Å²) < 4.78 is 14.1. The second-order valence-electron chi connectivity index (χ2n) is 5.92. The third-order valence-electron chi connectivity index (χ3n) is 3.11. The maximum Gasteiger partial charge on any atom is 0.129 e. The van der Waals surface area contributed by atoms with Crippen LogP contribution in [0, 0.1) is 5.82 Å². The van der Waals surface area contributed by atoms with Gasteiger partial charge in [-0.1, -0.05) is 13.0 Å². The summed E-state index contributed by atoms with van der Waals surface area (Å²) in [5.41, 5.74) is 1.77. The monoisotopic (exact) mass is 266 g/mol. The number of hydrogen-bond acceptors (Lipinski definition) is 2. The van der Waals surface area contributed by atoms with E-state index in [4.69, 9.17) is 0 Å². The minimum absolute atomic E-state index is 0.0125. The lowest BCUT2D eigenvalue weighted by Gasteiger charge is -2.27. The van der Waals surface area contributed by atoms with Crippen molar-refractivity contribution in [3.63, 3.8) is 0 Å². The molecule has 2 nitrogen and oxygen atoms in total. The molecule has 0 saturated heterocycles. The van der Waals surface area contributed by atoms with Crippen LogP contribution in [-0.4, -0.2) is 18.6 Å². The number of anilines is 1. The van der Waals surface area contributed by atoms with Crippen molar-refractivity contribution in [3.05, 3.63) is 29.6 Å². The van der Waals surface area contributed by atoms with Gasteiger partial charge < -0.3 is 10.2 Å². The van der Waals surface area contributed by atoms with Crippen LogP contribution in [-0.2, 0) is 6.54 Å². The molecule has 0 spiro atoms. The van der Waals surface area contributed by atoms with Crippen molar-refractivity contribution in [2.24, 2.45) is 0 Å². The standard InChI is InChI=1S/C16H27FN2/c1-6-11-19(7-2)15-10-8-9-14(17)13(15)12-18-16(3,4)5/h8-10,18H,6-7,11-12H2,1-5H3. The average Bonchev–Trinajstić information content (AvgIpc) is 2.33. The van der Waals surface area contributed by atoms with Crippen molar-refractivity contribution in [3.8, 4) is 0 Å². The molecular formula is C16H27FN2. The van der Waals surface area contributed by atoms with Crippen LogP contribution in [0.25, 0.3) is 0 Å². The van der Waals surface area contributed by atoms with Crippen molar-refractivity contribution < 1.29 is 4.39 Å². The van der Waals surface area contributed by atoms with Crippen LogP contribution in [0.15, 0.2) is 18.2 Å². The lowest BCUT2D eigenvalue weighted by atomic mass is 10.1. The van der Waals surface area contributed by atoms with Gasteiger partial charge in [0, 0.05) is 36.4 Å². The molecule has 0 heterocycles. The van der Waals surface area contributed by atoms with Gasteiger partial charge in [0.1, 0.15) is 5.82 Å². The Morgan fingerprint density at radius 1 is 1.21 bits per heavy atom. The van der Waals surface area contributed by atoms with Crippen molar-refractivity contribution in [2.45, 2.75) is 53.1 Å². The highest BCUT2D eigenvalue weighted by molar-refractivity contribution is 5.54. The first-order valence-corrected chi connectivity index (χ1v) is 7.16. The van der Waals surface area contributed by atoms with E-state index in [1.165, 1.54) is 0 Å². The third-order valence-corrected chi connectivity index (χ3v) is 3.11. The van der Waals surface area contributed by atoms with E-state index in [2.05, 4.69) is 44.8 Å². The maximum atomic E-state index is 14.1. The van der Waals surface area contributed by atoms with Crippen LogP contribution in [0.4, 0.5) is 10.1 Å². The minimum atomic E-state index is -0.121. The smallest absolute Gasteiger partial charge is 0.129 e. The fraction of sp³-hybridized carbons (Fsp3) is 0.625. The molecule has 0 fully saturated rings. The number of hydrogen-bond donors (Lipinski definition) is 1. The van der Waals surface area contributed by atoms with E-state index < -0.39 is 0 Å². The fourth-order valence-electron chi connectivity index (χ4n) is 2.09. The van der Waals surface area contributed by atoms with Gasteiger partial charge in [0.25, 0.3) is 0 Å². The molecule has 0 amide bonds. The van der Waals surface area contributed by atoms with Gasteiger partial charge in [0.15, 0.2) is 0 Å². The normalized spacial score (nSPS) is 11.7. The fourth-order valence-corrected chi connectivity index (χ4v) is 2.09. The predicted molar refractivity (Wildman–Crippen MR) is 81.2 cm³/mol. The number of rotatable bonds is 6. The summed E-state index contributed by atoms with van der Waals surface area (Å²) in [4.78, 5) is 2.24. The van der Waals surface area contributed by atoms with E-state index in [0.717, 1.165) is 30.8 Å². The summed E-state index contributed by atoms with van der Waals surface area (Å²) in [5, 5.41) is 3.37. The van der Waals surface area contributed by atoms with Gasteiger partial charge in [0.05, 0.1) is 0 Å². The lowest BCUT2D eigenvalue weighted by Crippen LogP contribution is -2.36. The van der Waals surface area contributed by atoms with Crippen LogP contribution in [0.3, 0.4) is 0 Å². The molecule has 1 aromatic carbocycles. The maximum absolute atomic E-state index is 14.1. The van der Waals surface area contributed by atoms with Gasteiger partial charge in [-0.05, 0) is 46.2 Å². The molecule has 3 heteroatoms. The van der Waals surface area contributed by atoms with Crippen molar-refractivity contribution in [1.29, 1.82) is 0 Å². The van der Waals surface area contributed by atoms with Gasteiger partial charge in [-0.25, -0.2) is 4.39 Å². The quantitative estimate of drug-likeness (QED) is 0.838. The molecule has 1 N–H and O–H groups in total. The number of nitrogens with zero attached hydrogens (tertiary/aromatic N) is 1. The Morgan fingerprint density at radius 3 is 2.42 bits per heavy atom. The summed E-state index contributed by atoms with van der Waals surface area (Å²) >= 11 is 0. The van der Waals surface area contributed by atoms with Gasteiger partial charge >= 0.3 is 0 Å². The lowest BCUT2D eigenvalue weighted by molar-refractivity contribution is 0.418. The van der Waals surface area contributed by atoms with E-state index in [0.29, 0.717) is 6.54 Å². The van der Waals surface area contributed by atoms with E-state index in [9.17, 15) is 4.39 Å². The molecule has 0 aliphatic rings. The highest BCUT2D eigenvalue weighted by Crippen LogP contribution is 2.24. The molecular weight excluding hydrogens is 239 g/mol. The number of nitrogens with one attached hydrogen (secondary N) is 1. The Hall–Kier alpha value is -1.09. The second kappa shape index (κ2) is 6.90. The molecule has 108 valence electrons. The third kappa shape index (κ3) is 4.83. The van der Waals surface area contributed by atoms with Crippen LogP contribution >= 0.6 is 0 Å². The Kier molecular flexibility index (Phi) is 5.80. The molecule has 0 aliphatic heterocycles. The Morgan fingerprint density at radius 2 is 1.89 bits per heavy atom. The van der Waals surface area contributed by atoms with Gasteiger partial charge in [0.2, 0.25) is 0 Å². The first-order valence-electron chi connectivity index (χ1n) is 7.16. The molecule has 0 aliphatic carbocycles. The zero-order chi connectivity index (χ0) is 14.5. The molecule has 1 rings (SSSR count). The van der Waals surface area contributed by atoms with Crippen molar-refractivity contribution in [2.75, 3.05) is 18.0 Å². The molecule has 0 bridgehead atoms. The summed E-state index contributed by atoms with van der Waals surface area (Å²) in [5.74, 6) is -0.121. The minimum Gasteiger partial charge on any atom is -0.371 e. The number of benzene rings is 1. The first-order chi connectivity index (χ1) is 8.89. The van der Waals surface area contributed by atoms with Crippen LogP contribution in [0.5, 0.6) is 0 Å². The van der Waals surface area contributed by atoms with E-state index in [-0.39, 0.29) is 11.4 Å². The molecule has 1 aromatic rings. The predicted octanol–water partition coefficient (Wildman–Crippen LogP) is 3.95. The molecule has 0 aromatic heterocycles. The highest BCUT2D eigenvalue weighted by atomic mass is 19.1. The average molecular weight is 266 g/mol. The largest absolute Gasteiger partial charge is 0.371 e. The van der Waals surface area contributed by atoms with Gasteiger partial charge in [-0.3, -0.25) is 0 Å². The molecule has 0 saturated carbocycles. The van der Waals surface area contributed by atoms with E-state index in [1.54, 1.807) is 12.1 Å². The molecule has 0 atom stereocenters. The van der Waals surface area contributed by atoms with Gasteiger partial charge in [-0.2, -0.15) is 0 Å². The van der Waals surface area contributed by atoms with Crippen molar-refractivity contribution >= 4 is 5.69 Å². The molecule has 0 radical (unpaired) electrons. The Labute approximate surface area is 117 Å². The van der Waals surface area contributed by atoms with E-state index >= 15 is 0 Å². The number of halogens is 1. The van der Waals surface area contributed by atoms with Crippen LogP contribution < -0.4 is 10.2 Å².